The van der Waals surface area contributed by atoms with Crippen LogP contribution in [-0.4, -0.2) is 22.4 Å². The Morgan fingerprint density at radius 1 is 1.06 bits per heavy atom. The Labute approximate surface area is 184 Å². The van der Waals surface area contributed by atoms with Gasteiger partial charge >= 0.3 is 0 Å². The highest BCUT2D eigenvalue weighted by Crippen LogP contribution is 2.39. The molecule has 0 aliphatic carbocycles. The number of nitrogens with one attached hydrogen (secondary N) is 1. The van der Waals surface area contributed by atoms with Crippen LogP contribution in [0.3, 0.4) is 0 Å². The van der Waals surface area contributed by atoms with E-state index < -0.39 is 5.82 Å². The summed E-state index contributed by atoms with van der Waals surface area (Å²) in [6, 6.07) is 17.0. The van der Waals surface area contributed by atoms with Crippen LogP contribution in [0, 0.1) is 12.7 Å². The molecule has 0 saturated heterocycles. The number of phenolic OH excluding ortho intramolecular Hbond substituents is 1. The van der Waals surface area contributed by atoms with Gasteiger partial charge in [0, 0.05) is 28.5 Å². The molecule has 4 aromatic rings. The maximum absolute atomic E-state index is 13.9. The SMILES string of the molecule is COc1ccc(-c2c(-c3ccc(OCc4c(F)cccc4Cl)cc3O)n[nH]c2C)cc1. The minimum Gasteiger partial charge on any atom is -0.507 e. The van der Waals surface area contributed by atoms with Crippen LogP contribution in [-0.2, 0) is 6.61 Å². The van der Waals surface area contributed by atoms with Gasteiger partial charge in [0.25, 0.3) is 0 Å². The van der Waals surface area contributed by atoms with Gasteiger partial charge in [0.05, 0.1) is 12.1 Å². The van der Waals surface area contributed by atoms with Crippen molar-refractivity contribution in [2.24, 2.45) is 0 Å². The largest absolute Gasteiger partial charge is 0.507 e. The quantitative estimate of drug-likeness (QED) is 0.379. The predicted octanol–water partition coefficient (Wildman–Crippen LogP) is 6.14. The molecule has 31 heavy (non-hydrogen) atoms. The molecular formula is C24H20ClFN2O3. The van der Waals surface area contributed by atoms with Gasteiger partial charge in [-0.25, -0.2) is 4.39 Å². The molecule has 0 atom stereocenters. The highest BCUT2D eigenvalue weighted by atomic mass is 35.5. The van der Waals surface area contributed by atoms with Crippen LogP contribution in [0.1, 0.15) is 11.3 Å². The number of rotatable bonds is 6. The van der Waals surface area contributed by atoms with Gasteiger partial charge in [-0.15, -0.1) is 0 Å². The molecule has 4 rings (SSSR count). The van der Waals surface area contributed by atoms with E-state index >= 15 is 0 Å². The summed E-state index contributed by atoms with van der Waals surface area (Å²) in [7, 11) is 1.62. The van der Waals surface area contributed by atoms with Crippen LogP contribution in [0.4, 0.5) is 4.39 Å². The molecule has 1 aromatic heterocycles. The lowest BCUT2D eigenvalue weighted by Crippen LogP contribution is -1.99. The van der Waals surface area contributed by atoms with Crippen LogP contribution in [0.5, 0.6) is 17.2 Å². The molecule has 0 aliphatic rings. The topological polar surface area (TPSA) is 67.4 Å². The van der Waals surface area contributed by atoms with Crippen molar-refractivity contribution in [3.63, 3.8) is 0 Å². The fourth-order valence-electron chi connectivity index (χ4n) is 3.36. The van der Waals surface area contributed by atoms with Crippen molar-refractivity contribution in [3.8, 4) is 39.6 Å². The third-order valence-electron chi connectivity index (χ3n) is 5.00. The molecule has 0 bridgehead atoms. The molecule has 0 unspecified atom stereocenters. The average molecular weight is 439 g/mol. The first kappa shape index (κ1) is 20.8. The number of aromatic nitrogens is 2. The van der Waals surface area contributed by atoms with Crippen molar-refractivity contribution < 1.29 is 19.0 Å². The van der Waals surface area contributed by atoms with Crippen LogP contribution >= 0.6 is 11.6 Å². The van der Waals surface area contributed by atoms with Crippen molar-refractivity contribution in [2.45, 2.75) is 13.5 Å². The minimum atomic E-state index is -0.440. The fourth-order valence-corrected chi connectivity index (χ4v) is 3.58. The second-order valence-corrected chi connectivity index (χ2v) is 7.38. The molecule has 2 N–H and O–H groups in total. The van der Waals surface area contributed by atoms with Gasteiger partial charge in [-0.05, 0) is 48.9 Å². The Hall–Kier alpha value is -3.51. The van der Waals surface area contributed by atoms with E-state index in [1.165, 1.54) is 18.2 Å². The molecule has 158 valence electrons. The highest BCUT2D eigenvalue weighted by molar-refractivity contribution is 6.31. The molecule has 5 nitrogen and oxygen atoms in total. The molecule has 0 radical (unpaired) electrons. The average Bonchev–Trinajstić information content (AvgIpc) is 3.14. The fraction of sp³-hybridized carbons (Fsp3) is 0.125. The maximum Gasteiger partial charge on any atom is 0.131 e. The lowest BCUT2D eigenvalue weighted by Gasteiger charge is -2.11. The van der Waals surface area contributed by atoms with Crippen LogP contribution in [0.2, 0.25) is 5.02 Å². The van der Waals surface area contributed by atoms with Gasteiger partial charge in [-0.2, -0.15) is 5.10 Å². The predicted molar refractivity (Wildman–Crippen MR) is 118 cm³/mol. The molecule has 0 fully saturated rings. The summed E-state index contributed by atoms with van der Waals surface area (Å²) in [5, 5.41) is 18.3. The van der Waals surface area contributed by atoms with Crippen LogP contribution in [0.15, 0.2) is 60.7 Å². The normalized spacial score (nSPS) is 10.8. The van der Waals surface area contributed by atoms with Crippen LogP contribution in [0.25, 0.3) is 22.4 Å². The molecule has 0 amide bonds. The first-order valence-electron chi connectivity index (χ1n) is 9.56. The van der Waals surface area contributed by atoms with E-state index in [1.54, 1.807) is 25.3 Å². The zero-order valence-corrected chi connectivity index (χ0v) is 17.7. The summed E-state index contributed by atoms with van der Waals surface area (Å²) in [6.07, 6.45) is 0. The minimum absolute atomic E-state index is 0.00149. The number of aryl methyl sites for hydroxylation is 1. The summed E-state index contributed by atoms with van der Waals surface area (Å²) in [5.41, 5.74) is 4.11. The van der Waals surface area contributed by atoms with E-state index in [1.807, 2.05) is 31.2 Å². The van der Waals surface area contributed by atoms with Gasteiger partial charge in [0.1, 0.15) is 35.4 Å². The summed E-state index contributed by atoms with van der Waals surface area (Å²) in [5.74, 6) is 0.701. The van der Waals surface area contributed by atoms with E-state index in [-0.39, 0.29) is 22.9 Å². The Bertz CT molecular complexity index is 1200. The Kier molecular flexibility index (Phi) is 5.82. The third-order valence-corrected chi connectivity index (χ3v) is 5.35. The first-order valence-corrected chi connectivity index (χ1v) is 9.94. The maximum atomic E-state index is 13.9. The molecule has 0 aliphatic heterocycles. The zero-order chi connectivity index (χ0) is 22.0. The molecule has 3 aromatic carbocycles. The number of hydrogen-bond donors (Lipinski definition) is 2. The van der Waals surface area contributed by atoms with Crippen molar-refractivity contribution in [2.75, 3.05) is 7.11 Å². The Morgan fingerprint density at radius 3 is 2.48 bits per heavy atom. The monoisotopic (exact) mass is 438 g/mol. The summed E-state index contributed by atoms with van der Waals surface area (Å²) < 4.78 is 24.8. The lowest BCUT2D eigenvalue weighted by molar-refractivity contribution is 0.298. The van der Waals surface area contributed by atoms with Gasteiger partial charge in [-0.3, -0.25) is 5.10 Å². The highest BCUT2D eigenvalue weighted by Gasteiger charge is 2.18. The second kappa shape index (κ2) is 8.70. The molecule has 0 saturated carbocycles. The number of ether oxygens (including phenoxy) is 2. The van der Waals surface area contributed by atoms with E-state index in [0.29, 0.717) is 17.0 Å². The van der Waals surface area contributed by atoms with Crippen molar-refractivity contribution in [1.29, 1.82) is 0 Å². The second-order valence-electron chi connectivity index (χ2n) is 6.97. The molecule has 7 heteroatoms. The van der Waals surface area contributed by atoms with E-state index in [2.05, 4.69) is 10.2 Å². The first-order chi connectivity index (χ1) is 15.0. The van der Waals surface area contributed by atoms with Crippen molar-refractivity contribution in [1.82, 2.24) is 10.2 Å². The van der Waals surface area contributed by atoms with Gasteiger partial charge < -0.3 is 14.6 Å². The number of phenols is 1. The zero-order valence-electron chi connectivity index (χ0n) is 16.9. The van der Waals surface area contributed by atoms with Gasteiger partial charge in [0.15, 0.2) is 0 Å². The molecular weight excluding hydrogens is 419 g/mol. The van der Waals surface area contributed by atoms with E-state index in [4.69, 9.17) is 21.1 Å². The summed E-state index contributed by atoms with van der Waals surface area (Å²) in [6.45, 7) is 1.87. The Morgan fingerprint density at radius 2 is 1.81 bits per heavy atom. The molecule has 1 heterocycles. The van der Waals surface area contributed by atoms with Crippen molar-refractivity contribution >= 4 is 11.6 Å². The number of aromatic hydroxyl groups is 1. The third kappa shape index (κ3) is 4.20. The Balaban J connectivity index is 1.62. The summed E-state index contributed by atoms with van der Waals surface area (Å²) in [4.78, 5) is 0. The van der Waals surface area contributed by atoms with E-state index in [0.717, 1.165) is 22.6 Å². The lowest BCUT2D eigenvalue weighted by atomic mass is 9.98. The molecule has 0 spiro atoms. The van der Waals surface area contributed by atoms with Crippen LogP contribution < -0.4 is 9.47 Å². The number of nitrogens with zero attached hydrogens (tertiary/aromatic N) is 1. The number of methoxy groups -OCH3 is 1. The number of aromatic amines is 1. The van der Waals surface area contributed by atoms with E-state index in [9.17, 15) is 9.50 Å². The smallest absolute Gasteiger partial charge is 0.131 e. The van der Waals surface area contributed by atoms with Gasteiger partial charge in [0.2, 0.25) is 0 Å². The summed E-state index contributed by atoms with van der Waals surface area (Å²) >= 11 is 6.04. The number of benzene rings is 3. The number of halogens is 2. The standard InChI is InChI=1S/C24H20ClFN2O3/c1-14-23(15-6-8-16(30-2)9-7-15)24(28-27-14)18-11-10-17(12-22(18)29)31-13-19-20(25)4-3-5-21(19)26/h3-12,29H,13H2,1-2H3,(H,27,28). The van der Waals surface area contributed by atoms with Gasteiger partial charge in [-0.1, -0.05) is 29.8 Å². The number of hydrogen-bond acceptors (Lipinski definition) is 4. The van der Waals surface area contributed by atoms with Crippen molar-refractivity contribution in [3.05, 3.63) is 82.8 Å². The number of H-pyrrole nitrogens is 1.